The van der Waals surface area contributed by atoms with Gasteiger partial charge in [0.05, 0.1) is 0 Å². The van der Waals surface area contributed by atoms with Gasteiger partial charge in [0.2, 0.25) is 0 Å². The Morgan fingerprint density at radius 3 is 2.41 bits per heavy atom. The van der Waals surface area contributed by atoms with E-state index in [2.05, 4.69) is 20.3 Å². The average Bonchev–Trinajstić information content (AvgIpc) is 3.00. The quantitative estimate of drug-likeness (QED) is 0.616. The van der Waals surface area contributed by atoms with Gasteiger partial charge in [0.1, 0.15) is 5.69 Å². The SMILES string of the molecule is Cc1cc(C)nc(Sc2ccc(NC(=O)c3[nH]c4c(c3C)C(=O)CCC4)cc2)n1. The third-order valence-electron chi connectivity index (χ3n) is 4.95. The maximum Gasteiger partial charge on any atom is 0.272 e. The molecule has 2 aromatic heterocycles. The Balaban J connectivity index is 1.48. The number of rotatable bonds is 4. The van der Waals surface area contributed by atoms with Crippen molar-refractivity contribution >= 4 is 29.1 Å². The van der Waals surface area contributed by atoms with Crippen molar-refractivity contribution in [1.82, 2.24) is 15.0 Å². The number of ketones is 1. The van der Waals surface area contributed by atoms with E-state index >= 15 is 0 Å². The number of hydrogen-bond donors (Lipinski definition) is 2. The van der Waals surface area contributed by atoms with E-state index in [0.29, 0.717) is 28.5 Å². The minimum Gasteiger partial charge on any atom is -0.354 e. The van der Waals surface area contributed by atoms with Gasteiger partial charge in [-0.25, -0.2) is 9.97 Å². The number of nitrogens with zero attached hydrogens (tertiary/aromatic N) is 2. The Bertz CT molecular complexity index is 1080. The van der Waals surface area contributed by atoms with Crippen LogP contribution in [0.3, 0.4) is 0 Å². The molecule has 0 radical (unpaired) electrons. The number of Topliss-reactive ketones (excluding diaryl/α,β-unsaturated/α-hetero) is 1. The highest BCUT2D eigenvalue weighted by atomic mass is 32.2. The molecule has 29 heavy (non-hydrogen) atoms. The van der Waals surface area contributed by atoms with Gasteiger partial charge in [-0.3, -0.25) is 9.59 Å². The Kier molecular flexibility index (Phi) is 5.24. The van der Waals surface area contributed by atoms with E-state index in [1.165, 1.54) is 11.8 Å². The molecular weight excluding hydrogens is 384 g/mol. The van der Waals surface area contributed by atoms with Crippen LogP contribution in [0.1, 0.15) is 56.3 Å². The molecule has 4 rings (SSSR count). The van der Waals surface area contributed by atoms with Gasteiger partial charge in [-0.2, -0.15) is 0 Å². The number of aromatic amines is 1. The summed E-state index contributed by atoms with van der Waals surface area (Å²) < 4.78 is 0. The van der Waals surface area contributed by atoms with Crippen LogP contribution >= 0.6 is 11.8 Å². The van der Waals surface area contributed by atoms with Crippen LogP contribution in [0.25, 0.3) is 0 Å². The molecule has 0 saturated carbocycles. The highest BCUT2D eigenvalue weighted by Gasteiger charge is 2.26. The molecular formula is C22H22N4O2S. The summed E-state index contributed by atoms with van der Waals surface area (Å²) in [6.07, 6.45) is 2.19. The Hall–Kier alpha value is -2.93. The first kappa shape index (κ1) is 19.4. The highest BCUT2D eigenvalue weighted by Crippen LogP contribution is 2.28. The van der Waals surface area contributed by atoms with Crippen LogP contribution in [-0.2, 0) is 6.42 Å². The maximum atomic E-state index is 12.7. The summed E-state index contributed by atoms with van der Waals surface area (Å²) in [4.78, 5) is 37.9. The molecule has 2 heterocycles. The number of carbonyl (C=O) groups excluding carboxylic acids is 2. The number of aromatic nitrogens is 3. The van der Waals surface area contributed by atoms with Gasteiger partial charge in [-0.1, -0.05) is 0 Å². The lowest BCUT2D eigenvalue weighted by Gasteiger charge is -2.09. The lowest BCUT2D eigenvalue weighted by Crippen LogP contribution is -2.13. The van der Waals surface area contributed by atoms with Gasteiger partial charge in [-0.15, -0.1) is 0 Å². The average molecular weight is 407 g/mol. The van der Waals surface area contributed by atoms with E-state index in [1.54, 1.807) is 0 Å². The summed E-state index contributed by atoms with van der Waals surface area (Å²) in [7, 11) is 0. The number of aryl methyl sites for hydroxylation is 3. The summed E-state index contributed by atoms with van der Waals surface area (Å²) >= 11 is 1.48. The van der Waals surface area contributed by atoms with Crippen LogP contribution in [0.5, 0.6) is 0 Å². The maximum absolute atomic E-state index is 12.7. The lowest BCUT2D eigenvalue weighted by molar-refractivity contribution is 0.0971. The van der Waals surface area contributed by atoms with Crippen molar-refractivity contribution < 1.29 is 9.59 Å². The topological polar surface area (TPSA) is 87.7 Å². The molecule has 0 saturated heterocycles. The van der Waals surface area contributed by atoms with Crippen LogP contribution in [-0.4, -0.2) is 26.6 Å². The van der Waals surface area contributed by atoms with Gasteiger partial charge < -0.3 is 10.3 Å². The Morgan fingerprint density at radius 2 is 1.76 bits per heavy atom. The molecule has 1 aliphatic carbocycles. The van der Waals surface area contributed by atoms with Crippen molar-refractivity contribution in [3.05, 3.63) is 64.2 Å². The van der Waals surface area contributed by atoms with E-state index in [9.17, 15) is 9.59 Å². The molecule has 2 N–H and O–H groups in total. The first-order valence-corrected chi connectivity index (χ1v) is 10.4. The number of anilines is 1. The second-order valence-electron chi connectivity index (χ2n) is 7.27. The molecule has 0 spiro atoms. The molecule has 1 amide bonds. The normalized spacial score (nSPS) is 13.3. The van der Waals surface area contributed by atoms with Crippen molar-refractivity contribution in [3.8, 4) is 0 Å². The van der Waals surface area contributed by atoms with Crippen LogP contribution in [0.4, 0.5) is 5.69 Å². The lowest BCUT2D eigenvalue weighted by atomic mass is 9.94. The molecule has 3 aromatic rings. The predicted octanol–water partition coefficient (Wildman–Crippen LogP) is 4.65. The zero-order chi connectivity index (χ0) is 20.5. The van der Waals surface area contributed by atoms with Gasteiger partial charge in [-0.05, 0) is 81.3 Å². The number of fused-ring (bicyclic) bond motifs is 1. The van der Waals surface area contributed by atoms with Crippen LogP contribution in [0, 0.1) is 20.8 Å². The number of carbonyl (C=O) groups is 2. The second kappa shape index (κ2) is 7.83. The van der Waals surface area contributed by atoms with E-state index in [1.807, 2.05) is 51.1 Å². The fraction of sp³-hybridized carbons (Fsp3) is 0.273. The monoisotopic (exact) mass is 406 g/mol. The molecule has 6 nitrogen and oxygen atoms in total. The third-order valence-corrected chi connectivity index (χ3v) is 5.82. The zero-order valence-electron chi connectivity index (χ0n) is 16.6. The summed E-state index contributed by atoms with van der Waals surface area (Å²) in [5.41, 5.74) is 5.34. The summed E-state index contributed by atoms with van der Waals surface area (Å²) in [6.45, 7) is 5.73. The van der Waals surface area contributed by atoms with Gasteiger partial charge >= 0.3 is 0 Å². The molecule has 7 heteroatoms. The number of hydrogen-bond acceptors (Lipinski definition) is 5. The molecule has 0 atom stereocenters. The standard InChI is InChI=1S/C22H22N4O2S/c1-12-11-13(2)24-22(23-12)29-16-9-7-15(8-10-16)25-21(28)20-14(3)19-17(26-20)5-4-6-18(19)27/h7-11,26H,4-6H2,1-3H3,(H,25,28). The molecule has 148 valence electrons. The third kappa shape index (κ3) is 4.10. The Labute approximate surface area is 173 Å². The number of benzene rings is 1. The van der Waals surface area contributed by atoms with Crippen molar-refractivity contribution in [2.45, 2.75) is 50.1 Å². The highest BCUT2D eigenvalue weighted by molar-refractivity contribution is 7.99. The summed E-state index contributed by atoms with van der Waals surface area (Å²) in [5, 5.41) is 3.62. The minimum atomic E-state index is -0.234. The van der Waals surface area contributed by atoms with Crippen LogP contribution in [0.15, 0.2) is 40.4 Å². The molecule has 1 aromatic carbocycles. The molecule has 0 unspecified atom stereocenters. The number of amides is 1. The van der Waals surface area contributed by atoms with Gasteiger partial charge in [0.25, 0.3) is 5.91 Å². The fourth-order valence-corrected chi connectivity index (χ4v) is 4.51. The first-order chi connectivity index (χ1) is 13.9. The van der Waals surface area contributed by atoms with E-state index < -0.39 is 0 Å². The second-order valence-corrected chi connectivity index (χ2v) is 8.31. The van der Waals surface area contributed by atoms with E-state index in [-0.39, 0.29) is 11.7 Å². The van der Waals surface area contributed by atoms with Gasteiger partial charge in [0, 0.05) is 39.6 Å². The minimum absolute atomic E-state index is 0.119. The van der Waals surface area contributed by atoms with Crippen molar-refractivity contribution in [2.75, 3.05) is 5.32 Å². The first-order valence-electron chi connectivity index (χ1n) is 9.57. The van der Waals surface area contributed by atoms with Crippen molar-refractivity contribution in [3.63, 3.8) is 0 Å². The van der Waals surface area contributed by atoms with Crippen LogP contribution in [0.2, 0.25) is 0 Å². The van der Waals surface area contributed by atoms with Gasteiger partial charge in [0.15, 0.2) is 10.9 Å². The smallest absolute Gasteiger partial charge is 0.272 e. The van der Waals surface area contributed by atoms with Crippen molar-refractivity contribution in [1.29, 1.82) is 0 Å². The zero-order valence-corrected chi connectivity index (χ0v) is 17.4. The summed E-state index contributed by atoms with van der Waals surface area (Å²) in [6, 6.07) is 9.50. The molecule has 0 fully saturated rings. The van der Waals surface area contributed by atoms with E-state index in [4.69, 9.17) is 0 Å². The number of H-pyrrole nitrogens is 1. The predicted molar refractivity (Wildman–Crippen MR) is 113 cm³/mol. The Morgan fingerprint density at radius 1 is 1.07 bits per heavy atom. The molecule has 1 aliphatic rings. The molecule has 0 aliphatic heterocycles. The largest absolute Gasteiger partial charge is 0.354 e. The van der Waals surface area contributed by atoms with Crippen LogP contribution < -0.4 is 5.32 Å². The van der Waals surface area contributed by atoms with Crippen molar-refractivity contribution in [2.24, 2.45) is 0 Å². The van der Waals surface area contributed by atoms with E-state index in [0.717, 1.165) is 40.4 Å². The fourth-order valence-electron chi connectivity index (χ4n) is 3.65. The summed E-state index contributed by atoms with van der Waals surface area (Å²) in [5.74, 6) is -0.114. The molecule has 0 bridgehead atoms. The number of nitrogens with one attached hydrogen (secondary N) is 2.